The molecule has 1 N–H and O–H groups in total. The Labute approximate surface area is 101 Å². The zero-order valence-corrected chi connectivity index (χ0v) is 10.4. The van der Waals surface area contributed by atoms with Crippen molar-refractivity contribution in [3.63, 3.8) is 0 Å². The molecule has 0 aliphatic heterocycles. The minimum atomic E-state index is -0.144. The van der Waals surface area contributed by atoms with Crippen LogP contribution in [0.5, 0.6) is 0 Å². The highest BCUT2D eigenvalue weighted by Gasteiger charge is 2.08. The molecule has 16 heavy (non-hydrogen) atoms. The lowest BCUT2D eigenvalue weighted by molar-refractivity contribution is 0.0946. The second-order valence-electron chi connectivity index (χ2n) is 3.13. The summed E-state index contributed by atoms with van der Waals surface area (Å²) in [4.78, 5) is 21.0. The Kier molecular flexibility index (Phi) is 3.63. The standard InChI is InChI=1S/C10H11N3OS2/c1-2-7-3-11-9(16-7)4-12-10(14)8-5-15-6-13-8/h3,5-6H,2,4H2,1H3,(H,12,14). The van der Waals surface area contributed by atoms with E-state index in [-0.39, 0.29) is 5.91 Å². The smallest absolute Gasteiger partial charge is 0.271 e. The molecule has 2 heterocycles. The number of carbonyl (C=O) groups excluding carboxylic acids is 1. The van der Waals surface area contributed by atoms with Crippen LogP contribution >= 0.6 is 22.7 Å². The number of nitrogens with one attached hydrogen (secondary N) is 1. The van der Waals surface area contributed by atoms with Crippen LogP contribution in [-0.4, -0.2) is 15.9 Å². The van der Waals surface area contributed by atoms with Gasteiger partial charge in [-0.2, -0.15) is 0 Å². The summed E-state index contributed by atoms with van der Waals surface area (Å²) in [5.74, 6) is -0.144. The number of rotatable bonds is 4. The Morgan fingerprint density at radius 1 is 1.50 bits per heavy atom. The molecule has 0 fully saturated rings. The monoisotopic (exact) mass is 253 g/mol. The summed E-state index contributed by atoms with van der Waals surface area (Å²) in [5.41, 5.74) is 2.12. The molecular formula is C10H11N3OS2. The van der Waals surface area contributed by atoms with Crippen LogP contribution in [0, 0.1) is 0 Å². The first kappa shape index (κ1) is 11.2. The lowest BCUT2D eigenvalue weighted by Crippen LogP contribution is -2.22. The van der Waals surface area contributed by atoms with Gasteiger partial charge in [0.25, 0.3) is 5.91 Å². The molecule has 0 atom stereocenters. The highest BCUT2D eigenvalue weighted by Crippen LogP contribution is 2.13. The minimum absolute atomic E-state index is 0.144. The molecule has 0 saturated heterocycles. The molecule has 0 saturated carbocycles. The molecule has 2 aromatic heterocycles. The Bertz CT molecular complexity index is 464. The van der Waals surface area contributed by atoms with Crippen molar-refractivity contribution in [3.8, 4) is 0 Å². The fourth-order valence-electron chi connectivity index (χ4n) is 1.16. The number of aryl methyl sites for hydroxylation is 1. The minimum Gasteiger partial charge on any atom is -0.344 e. The Balaban J connectivity index is 1.90. The molecule has 0 radical (unpaired) electrons. The average Bonchev–Trinajstić information content (AvgIpc) is 2.96. The van der Waals surface area contributed by atoms with E-state index in [1.165, 1.54) is 16.2 Å². The van der Waals surface area contributed by atoms with E-state index < -0.39 is 0 Å². The van der Waals surface area contributed by atoms with Crippen molar-refractivity contribution < 1.29 is 4.79 Å². The molecule has 2 rings (SSSR count). The van der Waals surface area contributed by atoms with E-state index in [0.717, 1.165) is 11.4 Å². The second kappa shape index (κ2) is 5.18. The van der Waals surface area contributed by atoms with Gasteiger partial charge in [0.2, 0.25) is 0 Å². The fourth-order valence-corrected chi connectivity index (χ4v) is 2.50. The molecule has 0 bridgehead atoms. The Morgan fingerprint density at radius 2 is 2.38 bits per heavy atom. The molecule has 0 aromatic carbocycles. The summed E-state index contributed by atoms with van der Waals surface area (Å²) < 4.78 is 0. The molecule has 0 unspecified atom stereocenters. The molecule has 1 amide bonds. The predicted octanol–water partition coefficient (Wildman–Crippen LogP) is 2.09. The van der Waals surface area contributed by atoms with Gasteiger partial charge in [0.15, 0.2) is 0 Å². The maximum absolute atomic E-state index is 11.6. The summed E-state index contributed by atoms with van der Waals surface area (Å²) in [7, 11) is 0. The van der Waals surface area contributed by atoms with Gasteiger partial charge in [-0.25, -0.2) is 9.97 Å². The first-order valence-corrected chi connectivity index (χ1v) is 6.65. The van der Waals surface area contributed by atoms with Crippen LogP contribution in [-0.2, 0) is 13.0 Å². The number of hydrogen-bond acceptors (Lipinski definition) is 5. The number of hydrogen-bond donors (Lipinski definition) is 1. The van der Waals surface area contributed by atoms with Crippen LogP contribution in [0.3, 0.4) is 0 Å². The fraction of sp³-hybridized carbons (Fsp3) is 0.300. The van der Waals surface area contributed by atoms with Crippen molar-refractivity contribution in [2.75, 3.05) is 0 Å². The molecule has 6 heteroatoms. The van der Waals surface area contributed by atoms with Crippen molar-refractivity contribution in [2.45, 2.75) is 19.9 Å². The van der Waals surface area contributed by atoms with E-state index in [9.17, 15) is 4.79 Å². The van der Waals surface area contributed by atoms with E-state index in [1.807, 2.05) is 6.20 Å². The van der Waals surface area contributed by atoms with Crippen LogP contribution < -0.4 is 5.32 Å². The molecule has 0 aliphatic rings. The maximum Gasteiger partial charge on any atom is 0.271 e. The number of thiazole rings is 2. The van der Waals surface area contributed by atoms with Crippen molar-refractivity contribution in [1.82, 2.24) is 15.3 Å². The normalized spacial score (nSPS) is 10.3. The van der Waals surface area contributed by atoms with E-state index in [4.69, 9.17) is 0 Å². The van der Waals surface area contributed by atoms with Gasteiger partial charge >= 0.3 is 0 Å². The average molecular weight is 253 g/mol. The van der Waals surface area contributed by atoms with Crippen molar-refractivity contribution in [1.29, 1.82) is 0 Å². The Morgan fingerprint density at radius 3 is 3.00 bits per heavy atom. The third kappa shape index (κ3) is 2.65. The largest absolute Gasteiger partial charge is 0.344 e. The Hall–Kier alpha value is -1.27. The third-order valence-electron chi connectivity index (χ3n) is 2.02. The van der Waals surface area contributed by atoms with Gasteiger partial charge in [-0.1, -0.05) is 6.92 Å². The van der Waals surface area contributed by atoms with E-state index in [2.05, 4.69) is 22.2 Å². The zero-order chi connectivity index (χ0) is 11.4. The van der Waals surface area contributed by atoms with E-state index >= 15 is 0 Å². The van der Waals surface area contributed by atoms with Gasteiger partial charge in [0.05, 0.1) is 12.1 Å². The lowest BCUT2D eigenvalue weighted by Gasteiger charge is -1.99. The molecule has 2 aromatic rings. The molecule has 0 spiro atoms. The summed E-state index contributed by atoms with van der Waals surface area (Å²) >= 11 is 3.04. The first-order valence-electron chi connectivity index (χ1n) is 4.89. The zero-order valence-electron chi connectivity index (χ0n) is 8.77. The second-order valence-corrected chi connectivity index (χ2v) is 5.05. The lowest BCUT2D eigenvalue weighted by atomic mass is 10.4. The van der Waals surface area contributed by atoms with Crippen LogP contribution in [0.2, 0.25) is 0 Å². The van der Waals surface area contributed by atoms with Crippen LogP contribution in [0.15, 0.2) is 17.1 Å². The quantitative estimate of drug-likeness (QED) is 0.907. The highest BCUT2D eigenvalue weighted by atomic mass is 32.1. The third-order valence-corrected chi connectivity index (χ3v) is 3.74. The first-order chi connectivity index (χ1) is 7.79. The number of nitrogens with zero attached hydrogens (tertiary/aromatic N) is 2. The van der Waals surface area contributed by atoms with Crippen LogP contribution in [0.25, 0.3) is 0 Å². The summed E-state index contributed by atoms with van der Waals surface area (Å²) in [6.45, 7) is 2.56. The van der Waals surface area contributed by atoms with Gasteiger partial charge in [0.1, 0.15) is 10.7 Å². The summed E-state index contributed by atoms with van der Waals surface area (Å²) in [6, 6.07) is 0. The van der Waals surface area contributed by atoms with Crippen molar-refractivity contribution in [2.24, 2.45) is 0 Å². The number of carbonyl (C=O) groups is 1. The maximum atomic E-state index is 11.6. The molecule has 0 aliphatic carbocycles. The summed E-state index contributed by atoms with van der Waals surface area (Å²) in [5, 5.41) is 5.45. The number of amides is 1. The van der Waals surface area contributed by atoms with Gasteiger partial charge in [0, 0.05) is 16.5 Å². The van der Waals surface area contributed by atoms with E-state index in [0.29, 0.717) is 12.2 Å². The van der Waals surface area contributed by atoms with Gasteiger partial charge in [-0.15, -0.1) is 22.7 Å². The molecule has 4 nitrogen and oxygen atoms in total. The van der Waals surface area contributed by atoms with Crippen molar-refractivity contribution >= 4 is 28.6 Å². The van der Waals surface area contributed by atoms with Gasteiger partial charge < -0.3 is 5.32 Å². The molecule has 84 valence electrons. The van der Waals surface area contributed by atoms with Gasteiger partial charge in [-0.05, 0) is 6.42 Å². The topological polar surface area (TPSA) is 54.9 Å². The summed E-state index contributed by atoms with van der Waals surface area (Å²) in [6.07, 6.45) is 2.84. The van der Waals surface area contributed by atoms with Gasteiger partial charge in [-0.3, -0.25) is 4.79 Å². The highest BCUT2D eigenvalue weighted by molar-refractivity contribution is 7.11. The van der Waals surface area contributed by atoms with Crippen LogP contribution in [0.4, 0.5) is 0 Å². The number of aromatic nitrogens is 2. The van der Waals surface area contributed by atoms with E-state index in [1.54, 1.807) is 22.2 Å². The predicted molar refractivity (Wildman–Crippen MR) is 64.8 cm³/mol. The SMILES string of the molecule is CCc1cnc(CNC(=O)c2cscn2)s1. The van der Waals surface area contributed by atoms with Crippen molar-refractivity contribution in [3.05, 3.63) is 32.7 Å². The van der Waals surface area contributed by atoms with Crippen LogP contribution in [0.1, 0.15) is 27.3 Å². The molecular weight excluding hydrogens is 242 g/mol.